The molecule has 4 heteroatoms. The predicted octanol–water partition coefficient (Wildman–Crippen LogP) is 0.588. The van der Waals surface area contributed by atoms with Gasteiger partial charge < -0.3 is 10.1 Å². The van der Waals surface area contributed by atoms with Gasteiger partial charge in [0, 0.05) is 6.54 Å². The Hall–Kier alpha value is -1.42. The highest BCUT2D eigenvalue weighted by atomic mass is 16.5. The maximum atomic E-state index is 11.1. The number of nitrogens with one attached hydrogen (secondary N) is 1. The van der Waals surface area contributed by atoms with Gasteiger partial charge in [-0.3, -0.25) is 0 Å². The number of aromatic nitrogens is 1. The van der Waals surface area contributed by atoms with Gasteiger partial charge in [-0.1, -0.05) is 6.07 Å². The van der Waals surface area contributed by atoms with Gasteiger partial charge in [0.15, 0.2) is 0 Å². The van der Waals surface area contributed by atoms with Gasteiger partial charge in [-0.15, -0.1) is 0 Å². The van der Waals surface area contributed by atoms with E-state index in [0.717, 1.165) is 5.69 Å². The van der Waals surface area contributed by atoms with Crippen molar-refractivity contribution >= 4 is 5.97 Å². The highest BCUT2D eigenvalue weighted by Gasteiger charge is 2.06. The Morgan fingerprint density at radius 1 is 1.62 bits per heavy atom. The summed E-state index contributed by atoms with van der Waals surface area (Å²) in [6.07, 6.45) is 0. The van der Waals surface area contributed by atoms with Crippen LogP contribution in [0.2, 0.25) is 0 Å². The molecule has 0 saturated carbocycles. The molecular weight excluding hydrogens is 168 g/mol. The molecule has 1 aromatic rings. The maximum absolute atomic E-state index is 11.1. The van der Waals surface area contributed by atoms with Gasteiger partial charge in [-0.25, -0.2) is 9.78 Å². The normalized spacial score (nSPS) is 9.69. The minimum Gasteiger partial charge on any atom is -0.464 e. The third-order valence-corrected chi connectivity index (χ3v) is 1.56. The van der Waals surface area contributed by atoms with Gasteiger partial charge in [0.1, 0.15) is 5.69 Å². The van der Waals surface area contributed by atoms with Gasteiger partial charge in [-0.05, 0) is 19.2 Å². The fourth-order valence-electron chi connectivity index (χ4n) is 0.977. The molecule has 0 aliphatic rings. The van der Waals surface area contributed by atoms with E-state index in [0.29, 0.717) is 12.2 Å². The van der Waals surface area contributed by atoms with Crippen molar-refractivity contribution in [2.75, 3.05) is 14.2 Å². The van der Waals surface area contributed by atoms with Crippen LogP contribution in [-0.4, -0.2) is 25.1 Å². The second-order valence-corrected chi connectivity index (χ2v) is 2.54. The molecule has 0 spiro atoms. The molecule has 1 heterocycles. The van der Waals surface area contributed by atoms with Crippen molar-refractivity contribution in [1.82, 2.24) is 10.3 Å². The Bertz CT molecular complexity index is 299. The summed E-state index contributed by atoms with van der Waals surface area (Å²) in [5.41, 5.74) is 1.17. The van der Waals surface area contributed by atoms with Crippen LogP contribution in [0, 0.1) is 0 Å². The van der Waals surface area contributed by atoms with Crippen LogP contribution < -0.4 is 5.32 Å². The third-order valence-electron chi connectivity index (χ3n) is 1.56. The highest BCUT2D eigenvalue weighted by Crippen LogP contribution is 2.00. The van der Waals surface area contributed by atoms with Crippen LogP contribution in [0.3, 0.4) is 0 Å². The molecule has 0 bridgehead atoms. The Morgan fingerprint density at radius 2 is 2.38 bits per heavy atom. The van der Waals surface area contributed by atoms with E-state index in [1.165, 1.54) is 7.11 Å². The lowest BCUT2D eigenvalue weighted by atomic mass is 10.3. The minimum absolute atomic E-state index is 0.343. The van der Waals surface area contributed by atoms with Crippen LogP contribution in [-0.2, 0) is 11.3 Å². The average molecular weight is 180 g/mol. The first-order valence-corrected chi connectivity index (χ1v) is 3.96. The summed E-state index contributed by atoms with van der Waals surface area (Å²) in [7, 11) is 3.17. The number of hydrogen-bond acceptors (Lipinski definition) is 4. The van der Waals surface area contributed by atoms with Crippen molar-refractivity contribution in [3.63, 3.8) is 0 Å². The summed E-state index contributed by atoms with van der Waals surface area (Å²) in [6.45, 7) is 0.644. The second kappa shape index (κ2) is 4.57. The third kappa shape index (κ3) is 2.52. The number of nitrogens with zero attached hydrogens (tertiary/aromatic N) is 1. The fourth-order valence-corrected chi connectivity index (χ4v) is 0.977. The molecule has 1 rings (SSSR count). The number of pyridine rings is 1. The zero-order valence-electron chi connectivity index (χ0n) is 7.70. The van der Waals surface area contributed by atoms with Gasteiger partial charge in [0.05, 0.1) is 12.8 Å². The van der Waals surface area contributed by atoms with E-state index < -0.39 is 5.97 Å². The molecule has 0 aliphatic heterocycles. The molecule has 0 atom stereocenters. The van der Waals surface area contributed by atoms with Crippen LogP contribution in [0.15, 0.2) is 18.2 Å². The van der Waals surface area contributed by atoms with Crippen LogP contribution in [0.1, 0.15) is 16.2 Å². The van der Waals surface area contributed by atoms with Crippen molar-refractivity contribution in [2.45, 2.75) is 6.54 Å². The fraction of sp³-hybridized carbons (Fsp3) is 0.333. The molecular formula is C9H12N2O2. The summed E-state index contributed by atoms with van der Waals surface area (Å²) < 4.78 is 4.55. The summed E-state index contributed by atoms with van der Waals surface area (Å²) in [4.78, 5) is 15.2. The lowest BCUT2D eigenvalue weighted by molar-refractivity contribution is 0.0593. The van der Waals surface area contributed by atoms with Crippen molar-refractivity contribution in [2.24, 2.45) is 0 Å². The highest BCUT2D eigenvalue weighted by molar-refractivity contribution is 5.87. The number of methoxy groups -OCH3 is 1. The van der Waals surface area contributed by atoms with E-state index in [2.05, 4.69) is 15.0 Å². The first-order valence-electron chi connectivity index (χ1n) is 3.96. The minimum atomic E-state index is -0.405. The van der Waals surface area contributed by atoms with Gasteiger partial charge in [0.25, 0.3) is 0 Å². The molecule has 4 nitrogen and oxygen atoms in total. The Labute approximate surface area is 76.9 Å². The smallest absolute Gasteiger partial charge is 0.356 e. The SMILES string of the molecule is CNCc1cccc(C(=O)OC)n1. The zero-order chi connectivity index (χ0) is 9.68. The van der Waals surface area contributed by atoms with Crippen LogP contribution in [0.25, 0.3) is 0 Å². The summed E-state index contributed by atoms with van der Waals surface area (Å²) in [5.74, 6) is -0.405. The zero-order valence-corrected chi connectivity index (χ0v) is 7.70. The van der Waals surface area contributed by atoms with E-state index in [-0.39, 0.29) is 0 Å². The molecule has 0 radical (unpaired) electrons. The van der Waals surface area contributed by atoms with E-state index in [1.54, 1.807) is 12.1 Å². The number of rotatable bonds is 3. The number of carbonyl (C=O) groups is 1. The molecule has 0 aromatic carbocycles. The van der Waals surface area contributed by atoms with Gasteiger partial charge >= 0.3 is 5.97 Å². The largest absolute Gasteiger partial charge is 0.464 e. The number of hydrogen-bond donors (Lipinski definition) is 1. The first kappa shape index (κ1) is 9.67. The lowest BCUT2D eigenvalue weighted by Crippen LogP contribution is -2.10. The summed E-state index contributed by atoms with van der Waals surface area (Å²) in [6, 6.07) is 5.26. The molecule has 70 valence electrons. The molecule has 0 aliphatic carbocycles. The van der Waals surface area contributed by atoms with Crippen molar-refractivity contribution in [3.8, 4) is 0 Å². The molecule has 0 amide bonds. The maximum Gasteiger partial charge on any atom is 0.356 e. The van der Waals surface area contributed by atoms with E-state index in [1.807, 2.05) is 13.1 Å². The van der Waals surface area contributed by atoms with Gasteiger partial charge in [-0.2, -0.15) is 0 Å². The second-order valence-electron chi connectivity index (χ2n) is 2.54. The van der Waals surface area contributed by atoms with E-state index >= 15 is 0 Å². The molecule has 0 unspecified atom stereocenters. The molecule has 0 fully saturated rings. The monoisotopic (exact) mass is 180 g/mol. The molecule has 0 saturated heterocycles. The molecule has 13 heavy (non-hydrogen) atoms. The number of carbonyl (C=O) groups excluding carboxylic acids is 1. The van der Waals surface area contributed by atoms with E-state index in [4.69, 9.17) is 0 Å². The summed E-state index contributed by atoms with van der Waals surface area (Å²) >= 11 is 0. The Kier molecular flexibility index (Phi) is 3.40. The quantitative estimate of drug-likeness (QED) is 0.691. The first-order chi connectivity index (χ1) is 6.27. The number of esters is 1. The molecule has 1 N–H and O–H groups in total. The Morgan fingerprint density at radius 3 is 3.00 bits per heavy atom. The predicted molar refractivity (Wildman–Crippen MR) is 48.3 cm³/mol. The van der Waals surface area contributed by atoms with Gasteiger partial charge in [0.2, 0.25) is 0 Å². The Balaban J connectivity index is 2.85. The van der Waals surface area contributed by atoms with Crippen molar-refractivity contribution in [1.29, 1.82) is 0 Å². The van der Waals surface area contributed by atoms with Crippen LogP contribution in [0.4, 0.5) is 0 Å². The van der Waals surface area contributed by atoms with Crippen LogP contribution >= 0.6 is 0 Å². The van der Waals surface area contributed by atoms with Crippen LogP contribution in [0.5, 0.6) is 0 Å². The summed E-state index contributed by atoms with van der Waals surface area (Å²) in [5, 5.41) is 2.95. The molecule has 1 aromatic heterocycles. The topological polar surface area (TPSA) is 51.2 Å². The average Bonchev–Trinajstić information content (AvgIpc) is 2.18. The lowest BCUT2D eigenvalue weighted by Gasteiger charge is -2.01. The standard InChI is InChI=1S/C9H12N2O2/c1-10-6-7-4-3-5-8(11-7)9(12)13-2/h3-5,10H,6H2,1-2H3. The van der Waals surface area contributed by atoms with Crippen molar-refractivity contribution < 1.29 is 9.53 Å². The van der Waals surface area contributed by atoms with Crippen molar-refractivity contribution in [3.05, 3.63) is 29.6 Å². The van der Waals surface area contributed by atoms with E-state index in [9.17, 15) is 4.79 Å². The number of ether oxygens (including phenoxy) is 1.